The van der Waals surface area contributed by atoms with Crippen LogP contribution in [0.15, 0.2) is 109 Å². The first-order valence-corrected chi connectivity index (χ1v) is 15.7. The van der Waals surface area contributed by atoms with E-state index in [1.807, 2.05) is 109 Å². The van der Waals surface area contributed by atoms with E-state index in [4.69, 9.17) is 9.47 Å². The van der Waals surface area contributed by atoms with Gasteiger partial charge in [0.05, 0.1) is 0 Å². The molecule has 0 bridgehead atoms. The largest absolute Gasteiger partial charge is 0.490 e. The number of aromatic nitrogens is 14. The summed E-state index contributed by atoms with van der Waals surface area (Å²) in [5.41, 5.74) is 3.44. The van der Waals surface area contributed by atoms with Gasteiger partial charge in [0.1, 0.15) is 49.5 Å². The van der Waals surface area contributed by atoms with E-state index < -0.39 is 0 Å². The highest BCUT2D eigenvalue weighted by atomic mass is 16.5. The van der Waals surface area contributed by atoms with Gasteiger partial charge in [-0.25, -0.2) is 19.3 Å². The first-order valence-electron chi connectivity index (χ1n) is 15.7. The number of tetrazole rings is 2. The van der Waals surface area contributed by atoms with E-state index in [1.54, 1.807) is 9.36 Å². The normalized spacial score (nSPS) is 11.1. The molecule has 0 atom stereocenters. The van der Waals surface area contributed by atoms with Crippen LogP contribution in [0.25, 0.3) is 45.6 Å². The van der Waals surface area contributed by atoms with E-state index in [0.29, 0.717) is 72.7 Å². The summed E-state index contributed by atoms with van der Waals surface area (Å²) in [6.45, 7) is 1.34. The molecule has 16 nitrogen and oxygen atoms in total. The van der Waals surface area contributed by atoms with Crippen molar-refractivity contribution in [1.82, 2.24) is 70.8 Å². The number of nitrogens with one attached hydrogen (secondary N) is 2. The van der Waals surface area contributed by atoms with Crippen LogP contribution in [0.5, 0.6) is 11.5 Å². The zero-order valence-electron chi connectivity index (χ0n) is 26.4. The minimum Gasteiger partial charge on any atom is -0.490 e. The molecule has 2 N–H and O–H groups in total. The SMILES string of the molecule is c1ccc(-c2nnnn2Cc2nc(-c3cccc(OCCOc4cccc(-c5n[nH]c(Cn6nnnc6-c6ccccc6)n5)c4)c3)n[nH]2)cc1. The summed E-state index contributed by atoms with van der Waals surface area (Å²) >= 11 is 0. The summed E-state index contributed by atoms with van der Waals surface area (Å²) in [5.74, 6) is 4.96. The molecule has 246 valence electrons. The van der Waals surface area contributed by atoms with Gasteiger partial charge in [-0.05, 0) is 45.1 Å². The lowest BCUT2D eigenvalue weighted by Gasteiger charge is -2.09. The van der Waals surface area contributed by atoms with Crippen LogP contribution in [0.2, 0.25) is 0 Å². The monoisotopic (exact) mass is 664 g/mol. The van der Waals surface area contributed by atoms with Crippen LogP contribution in [0.1, 0.15) is 11.6 Å². The molecule has 16 heteroatoms. The fourth-order valence-corrected chi connectivity index (χ4v) is 5.25. The fraction of sp³-hybridized carbons (Fsp3) is 0.118. The van der Waals surface area contributed by atoms with Gasteiger partial charge in [-0.1, -0.05) is 84.9 Å². The molecular formula is C34H28N14O2. The topological polar surface area (TPSA) is 189 Å². The number of ether oxygens (including phenoxy) is 2. The van der Waals surface area contributed by atoms with Crippen LogP contribution in [0.4, 0.5) is 0 Å². The Balaban J connectivity index is 0.852. The van der Waals surface area contributed by atoms with Crippen LogP contribution < -0.4 is 9.47 Å². The van der Waals surface area contributed by atoms with Gasteiger partial charge in [0, 0.05) is 22.3 Å². The maximum Gasteiger partial charge on any atom is 0.182 e. The van der Waals surface area contributed by atoms with Crippen molar-refractivity contribution in [1.29, 1.82) is 0 Å². The number of rotatable bonds is 13. The van der Waals surface area contributed by atoms with Crippen LogP contribution in [-0.2, 0) is 13.1 Å². The number of benzene rings is 4. The van der Waals surface area contributed by atoms with Crippen LogP contribution in [0, 0.1) is 0 Å². The quantitative estimate of drug-likeness (QED) is 0.168. The predicted octanol–water partition coefficient (Wildman–Crippen LogP) is 4.12. The van der Waals surface area contributed by atoms with Gasteiger partial charge in [0.15, 0.2) is 23.3 Å². The van der Waals surface area contributed by atoms with Gasteiger partial charge in [0.25, 0.3) is 0 Å². The Morgan fingerprint density at radius 2 is 0.940 bits per heavy atom. The van der Waals surface area contributed by atoms with Crippen molar-refractivity contribution >= 4 is 0 Å². The van der Waals surface area contributed by atoms with E-state index in [9.17, 15) is 0 Å². The molecule has 0 unspecified atom stereocenters. The zero-order valence-corrected chi connectivity index (χ0v) is 26.4. The smallest absolute Gasteiger partial charge is 0.182 e. The molecule has 0 aliphatic carbocycles. The van der Waals surface area contributed by atoms with Gasteiger partial charge >= 0.3 is 0 Å². The van der Waals surface area contributed by atoms with Gasteiger partial charge < -0.3 is 9.47 Å². The molecule has 8 aromatic rings. The van der Waals surface area contributed by atoms with Crippen molar-refractivity contribution in [3.05, 3.63) is 121 Å². The summed E-state index contributed by atoms with van der Waals surface area (Å²) in [5, 5.41) is 39.0. The van der Waals surface area contributed by atoms with Crippen molar-refractivity contribution in [2.75, 3.05) is 13.2 Å². The first kappa shape index (κ1) is 30.2. The van der Waals surface area contributed by atoms with E-state index in [0.717, 1.165) is 22.3 Å². The van der Waals surface area contributed by atoms with E-state index >= 15 is 0 Å². The Labute approximate surface area is 284 Å². The molecule has 0 saturated carbocycles. The standard InChI is InChI=1S/C34H28N14O2/c1-3-9-23(10-4-1)33-41-43-45-47(33)21-29-35-31(39-37-29)25-13-7-15-27(19-25)49-17-18-50-28-16-8-14-26(20-28)32-36-30(38-40-32)22-48-34(42-44-46-48)24-11-5-2-6-12-24/h1-16,19-20H,17-18,21-22H2,(H,35,37,39)(H,36,38,40). The molecule has 0 spiro atoms. The lowest BCUT2D eigenvalue weighted by molar-refractivity contribution is 0.217. The molecule has 0 fully saturated rings. The summed E-state index contributed by atoms with van der Waals surface area (Å²) in [7, 11) is 0. The van der Waals surface area contributed by atoms with Crippen molar-refractivity contribution < 1.29 is 9.47 Å². The third kappa shape index (κ3) is 6.79. The lowest BCUT2D eigenvalue weighted by Crippen LogP contribution is -2.09. The maximum atomic E-state index is 5.99. The Kier molecular flexibility index (Phi) is 8.43. The highest BCUT2D eigenvalue weighted by molar-refractivity contribution is 5.59. The molecule has 0 amide bonds. The zero-order chi connectivity index (χ0) is 33.5. The average molecular weight is 665 g/mol. The molecular weight excluding hydrogens is 636 g/mol. The summed E-state index contributed by atoms with van der Waals surface area (Å²) in [4.78, 5) is 9.30. The van der Waals surface area contributed by atoms with E-state index in [2.05, 4.69) is 61.4 Å². The lowest BCUT2D eigenvalue weighted by atomic mass is 10.2. The second-order valence-electron chi connectivity index (χ2n) is 11.0. The van der Waals surface area contributed by atoms with Crippen LogP contribution >= 0.6 is 0 Å². The molecule has 50 heavy (non-hydrogen) atoms. The number of nitrogens with zero attached hydrogens (tertiary/aromatic N) is 12. The minimum atomic E-state index is 0.328. The van der Waals surface area contributed by atoms with Gasteiger partial charge in [0.2, 0.25) is 0 Å². The Hall–Kier alpha value is -7.10. The molecule has 0 radical (unpaired) electrons. The molecule has 0 saturated heterocycles. The van der Waals surface area contributed by atoms with E-state index in [-0.39, 0.29) is 0 Å². The van der Waals surface area contributed by atoms with Gasteiger partial charge in [-0.15, -0.1) is 10.2 Å². The second-order valence-corrected chi connectivity index (χ2v) is 11.0. The molecule has 0 aliphatic heterocycles. The number of aromatic amines is 2. The Morgan fingerprint density at radius 1 is 0.500 bits per heavy atom. The molecule has 8 rings (SSSR count). The maximum absolute atomic E-state index is 5.99. The van der Waals surface area contributed by atoms with Crippen molar-refractivity contribution in [2.24, 2.45) is 0 Å². The third-order valence-electron chi connectivity index (χ3n) is 7.60. The van der Waals surface area contributed by atoms with Crippen molar-refractivity contribution in [3.8, 4) is 57.1 Å². The molecule has 4 aromatic heterocycles. The van der Waals surface area contributed by atoms with E-state index in [1.165, 1.54) is 0 Å². The number of H-pyrrole nitrogens is 2. The second kappa shape index (κ2) is 13.9. The van der Waals surface area contributed by atoms with Crippen molar-refractivity contribution in [3.63, 3.8) is 0 Å². The summed E-state index contributed by atoms with van der Waals surface area (Å²) in [6.07, 6.45) is 0. The van der Waals surface area contributed by atoms with Gasteiger partial charge in [-0.3, -0.25) is 10.2 Å². The Bertz CT molecular complexity index is 2150. The number of hydrogen-bond donors (Lipinski definition) is 2. The molecule has 4 aromatic carbocycles. The van der Waals surface area contributed by atoms with Crippen LogP contribution in [-0.4, -0.2) is 84.0 Å². The predicted molar refractivity (Wildman–Crippen MR) is 179 cm³/mol. The average Bonchev–Trinajstić information content (AvgIpc) is 4.00. The molecule has 4 heterocycles. The minimum absolute atomic E-state index is 0.328. The summed E-state index contributed by atoms with van der Waals surface area (Å²) in [6, 6.07) is 34.7. The highest BCUT2D eigenvalue weighted by Gasteiger charge is 2.14. The summed E-state index contributed by atoms with van der Waals surface area (Å²) < 4.78 is 15.3. The molecule has 0 aliphatic rings. The van der Waals surface area contributed by atoms with Gasteiger partial charge in [-0.2, -0.15) is 10.2 Å². The van der Waals surface area contributed by atoms with Crippen LogP contribution in [0.3, 0.4) is 0 Å². The highest BCUT2D eigenvalue weighted by Crippen LogP contribution is 2.24. The third-order valence-corrected chi connectivity index (χ3v) is 7.60. The first-order chi connectivity index (χ1) is 24.7. The number of hydrogen-bond acceptors (Lipinski definition) is 12. The Morgan fingerprint density at radius 3 is 1.40 bits per heavy atom. The fourth-order valence-electron chi connectivity index (χ4n) is 5.25. The van der Waals surface area contributed by atoms with Crippen molar-refractivity contribution in [2.45, 2.75) is 13.1 Å².